The Bertz CT molecular complexity index is 461. The van der Waals surface area contributed by atoms with Gasteiger partial charge in [-0.25, -0.2) is 0 Å². The van der Waals surface area contributed by atoms with Gasteiger partial charge < -0.3 is 14.5 Å². The zero-order valence-electron chi connectivity index (χ0n) is 14.4. The van der Waals surface area contributed by atoms with Gasteiger partial charge in [0, 0.05) is 13.1 Å². The molecular weight excluding hydrogens is 264 g/mol. The molecule has 0 amide bonds. The number of rotatable bonds is 5. The van der Waals surface area contributed by atoms with Gasteiger partial charge in [0.1, 0.15) is 11.5 Å². The molecule has 1 aromatic rings. The highest BCUT2D eigenvalue weighted by Gasteiger charge is 2.38. The molecule has 1 aliphatic heterocycles. The van der Waals surface area contributed by atoms with E-state index in [1.54, 1.807) is 0 Å². The van der Waals surface area contributed by atoms with E-state index in [9.17, 15) is 0 Å². The van der Waals surface area contributed by atoms with Crippen LogP contribution < -0.4 is 5.32 Å². The largest absolute Gasteiger partial charge is 0.463 e. The fraction of sp³-hybridized carbons (Fsp3) is 0.765. The summed E-state index contributed by atoms with van der Waals surface area (Å²) in [5, 5.41) is 3.32. The molecule has 1 fully saturated rings. The van der Waals surface area contributed by atoms with E-state index >= 15 is 0 Å². The smallest absolute Gasteiger partial charge is 0.120 e. The summed E-state index contributed by atoms with van der Waals surface area (Å²) in [4.78, 5) is 2.43. The van der Waals surface area contributed by atoms with Crippen LogP contribution >= 0.6 is 0 Å². The van der Waals surface area contributed by atoms with Gasteiger partial charge >= 0.3 is 0 Å². The molecule has 1 aliphatic rings. The Morgan fingerprint density at radius 2 is 1.81 bits per heavy atom. The van der Waals surface area contributed by atoms with Gasteiger partial charge in [0.2, 0.25) is 0 Å². The van der Waals surface area contributed by atoms with Crippen molar-refractivity contribution in [1.29, 1.82) is 0 Å². The summed E-state index contributed by atoms with van der Waals surface area (Å²) in [6.45, 7) is 17.3. The molecular formula is C17H30N2O2. The normalized spacial score (nSPS) is 21.6. The van der Waals surface area contributed by atoms with Crippen LogP contribution in [0.3, 0.4) is 0 Å². The van der Waals surface area contributed by atoms with Gasteiger partial charge in [0.25, 0.3) is 0 Å². The van der Waals surface area contributed by atoms with Crippen molar-refractivity contribution in [1.82, 2.24) is 10.2 Å². The number of nitrogens with one attached hydrogen (secondary N) is 1. The highest BCUT2D eigenvalue weighted by Crippen LogP contribution is 2.29. The van der Waals surface area contributed by atoms with E-state index in [2.05, 4.69) is 57.8 Å². The van der Waals surface area contributed by atoms with Gasteiger partial charge in [0.15, 0.2) is 0 Å². The third-order valence-corrected chi connectivity index (χ3v) is 3.75. The first-order valence-corrected chi connectivity index (χ1v) is 7.92. The predicted molar refractivity (Wildman–Crippen MR) is 85.3 cm³/mol. The molecule has 0 aliphatic carbocycles. The molecule has 2 heterocycles. The Morgan fingerprint density at radius 1 is 1.19 bits per heavy atom. The Morgan fingerprint density at radius 3 is 2.38 bits per heavy atom. The lowest BCUT2D eigenvalue weighted by atomic mass is 9.99. The van der Waals surface area contributed by atoms with Crippen molar-refractivity contribution in [2.45, 2.75) is 65.8 Å². The van der Waals surface area contributed by atoms with Crippen molar-refractivity contribution in [2.75, 3.05) is 19.6 Å². The lowest BCUT2D eigenvalue weighted by Gasteiger charge is -2.47. The third kappa shape index (κ3) is 4.56. The summed E-state index contributed by atoms with van der Waals surface area (Å²) in [5.74, 6) is 2.10. The Hall–Kier alpha value is -0.840. The first-order valence-electron chi connectivity index (χ1n) is 7.92. The number of ether oxygens (including phenoxy) is 1. The lowest BCUT2D eigenvalue weighted by molar-refractivity contribution is -0.182. The molecule has 120 valence electrons. The van der Waals surface area contributed by atoms with Crippen LogP contribution in [-0.4, -0.2) is 35.7 Å². The summed E-state index contributed by atoms with van der Waals surface area (Å²) in [6.07, 6.45) is 0. The molecule has 2 rings (SSSR count). The molecule has 1 aromatic heterocycles. The number of furan rings is 1. The second kappa shape index (κ2) is 6.11. The summed E-state index contributed by atoms with van der Waals surface area (Å²) in [5.41, 5.74) is 1.00. The standard InChI is InChI=1S/C17H30N2O2/c1-7-18-9-15-13(2)8-14(20-15)10-19-11-16(3,4)21-17(5,6)12-19/h8,18H,7,9-12H2,1-6H3. The van der Waals surface area contributed by atoms with Crippen molar-refractivity contribution in [3.8, 4) is 0 Å². The minimum Gasteiger partial charge on any atom is -0.463 e. The second-order valence-corrected chi connectivity index (χ2v) is 7.37. The fourth-order valence-electron chi connectivity index (χ4n) is 3.36. The van der Waals surface area contributed by atoms with Gasteiger partial charge in [-0.2, -0.15) is 0 Å². The number of morpholine rings is 1. The van der Waals surface area contributed by atoms with Gasteiger partial charge in [0.05, 0.1) is 24.3 Å². The maximum Gasteiger partial charge on any atom is 0.120 e. The number of hydrogen-bond donors (Lipinski definition) is 1. The lowest BCUT2D eigenvalue weighted by Crippen LogP contribution is -2.56. The molecule has 0 bridgehead atoms. The van der Waals surface area contributed by atoms with Crippen molar-refractivity contribution in [3.63, 3.8) is 0 Å². The summed E-state index contributed by atoms with van der Waals surface area (Å²) < 4.78 is 12.1. The van der Waals surface area contributed by atoms with E-state index in [-0.39, 0.29) is 11.2 Å². The second-order valence-electron chi connectivity index (χ2n) is 7.37. The predicted octanol–water partition coefficient (Wildman–Crippen LogP) is 3.09. The Balaban J connectivity index is 2.04. The number of hydrogen-bond acceptors (Lipinski definition) is 4. The summed E-state index contributed by atoms with van der Waals surface area (Å²) >= 11 is 0. The SMILES string of the molecule is CCNCc1oc(CN2CC(C)(C)OC(C)(C)C2)cc1C. The highest BCUT2D eigenvalue weighted by atomic mass is 16.5. The molecule has 0 aromatic carbocycles. The van der Waals surface area contributed by atoms with Crippen LogP contribution in [-0.2, 0) is 17.8 Å². The Labute approximate surface area is 128 Å². The van der Waals surface area contributed by atoms with Crippen LogP contribution in [0.5, 0.6) is 0 Å². The van der Waals surface area contributed by atoms with Crippen LogP contribution in [0.4, 0.5) is 0 Å². The van der Waals surface area contributed by atoms with E-state index in [1.807, 2.05) is 0 Å². The quantitative estimate of drug-likeness (QED) is 0.905. The van der Waals surface area contributed by atoms with E-state index < -0.39 is 0 Å². The molecule has 4 nitrogen and oxygen atoms in total. The zero-order valence-corrected chi connectivity index (χ0v) is 14.4. The first kappa shape index (κ1) is 16.5. The van der Waals surface area contributed by atoms with Crippen molar-refractivity contribution in [3.05, 3.63) is 23.2 Å². The molecule has 0 unspecified atom stereocenters. The molecule has 1 saturated heterocycles. The van der Waals surface area contributed by atoms with Crippen molar-refractivity contribution < 1.29 is 9.15 Å². The fourth-order valence-corrected chi connectivity index (χ4v) is 3.36. The van der Waals surface area contributed by atoms with Crippen molar-refractivity contribution in [2.24, 2.45) is 0 Å². The van der Waals surface area contributed by atoms with Crippen LogP contribution in [0.2, 0.25) is 0 Å². The van der Waals surface area contributed by atoms with E-state index in [1.165, 1.54) is 5.56 Å². The summed E-state index contributed by atoms with van der Waals surface area (Å²) in [6, 6.07) is 2.17. The Kier molecular flexibility index (Phi) is 4.81. The van der Waals surface area contributed by atoms with E-state index in [4.69, 9.17) is 9.15 Å². The van der Waals surface area contributed by atoms with Crippen molar-refractivity contribution >= 4 is 0 Å². The van der Waals surface area contributed by atoms with Crippen LogP contribution in [0.25, 0.3) is 0 Å². The third-order valence-electron chi connectivity index (χ3n) is 3.75. The minimum atomic E-state index is -0.115. The van der Waals surface area contributed by atoms with Crippen LogP contribution in [0.15, 0.2) is 10.5 Å². The van der Waals surface area contributed by atoms with Crippen LogP contribution in [0, 0.1) is 6.92 Å². The molecule has 0 spiro atoms. The molecule has 4 heteroatoms. The molecule has 0 saturated carbocycles. The maximum atomic E-state index is 6.13. The first-order chi connectivity index (χ1) is 9.71. The van der Waals surface area contributed by atoms with E-state index in [0.29, 0.717) is 0 Å². The highest BCUT2D eigenvalue weighted by molar-refractivity contribution is 5.20. The minimum absolute atomic E-state index is 0.115. The molecule has 0 atom stereocenters. The topological polar surface area (TPSA) is 37.6 Å². The van der Waals surface area contributed by atoms with E-state index in [0.717, 1.165) is 44.2 Å². The molecule has 0 radical (unpaired) electrons. The van der Waals surface area contributed by atoms with Crippen LogP contribution in [0.1, 0.15) is 51.7 Å². The average molecular weight is 294 g/mol. The van der Waals surface area contributed by atoms with Gasteiger partial charge in [-0.3, -0.25) is 4.90 Å². The zero-order chi connectivity index (χ0) is 15.7. The summed E-state index contributed by atoms with van der Waals surface area (Å²) in [7, 11) is 0. The van der Waals surface area contributed by atoms with Gasteiger partial charge in [-0.15, -0.1) is 0 Å². The number of nitrogens with zero attached hydrogens (tertiary/aromatic N) is 1. The average Bonchev–Trinajstić information content (AvgIpc) is 2.62. The molecule has 1 N–H and O–H groups in total. The maximum absolute atomic E-state index is 6.13. The number of aryl methyl sites for hydroxylation is 1. The van der Waals surface area contributed by atoms with Gasteiger partial charge in [-0.1, -0.05) is 6.92 Å². The van der Waals surface area contributed by atoms with Gasteiger partial charge in [-0.05, 0) is 52.8 Å². The molecule has 21 heavy (non-hydrogen) atoms. The monoisotopic (exact) mass is 294 g/mol.